The van der Waals surface area contributed by atoms with Gasteiger partial charge in [-0.3, -0.25) is 0 Å². The Morgan fingerprint density at radius 3 is 1.69 bits per heavy atom. The zero-order chi connectivity index (χ0) is 38.7. The van der Waals surface area contributed by atoms with Crippen molar-refractivity contribution in [2.24, 2.45) is 0 Å². The van der Waals surface area contributed by atoms with Crippen molar-refractivity contribution in [2.45, 2.75) is 11.3 Å². The third kappa shape index (κ3) is 4.72. The van der Waals surface area contributed by atoms with E-state index < -0.39 is 5.41 Å². The van der Waals surface area contributed by atoms with Crippen LogP contribution >= 0.6 is 22.7 Å². The molecule has 0 N–H and O–H groups in total. The fourth-order valence-electron chi connectivity index (χ4n) is 10.4. The maximum Gasteiger partial charge on any atom is 0.132 e. The first-order valence-corrected chi connectivity index (χ1v) is 21.9. The molecule has 276 valence electrons. The zero-order valence-corrected chi connectivity index (χ0v) is 33.5. The van der Waals surface area contributed by atoms with Gasteiger partial charge in [-0.1, -0.05) is 146 Å². The molecule has 1 unspecified atom stereocenters. The van der Waals surface area contributed by atoms with Crippen LogP contribution in [0.1, 0.15) is 44.9 Å². The third-order valence-electron chi connectivity index (χ3n) is 12.9. The van der Waals surface area contributed by atoms with Crippen molar-refractivity contribution in [2.75, 3.05) is 0 Å². The number of rotatable bonds is 4. The molecule has 0 saturated heterocycles. The van der Waals surface area contributed by atoms with E-state index in [1.807, 2.05) is 22.7 Å². The van der Waals surface area contributed by atoms with Gasteiger partial charge in [0.1, 0.15) is 11.5 Å². The first-order chi connectivity index (χ1) is 29.2. The summed E-state index contributed by atoms with van der Waals surface area (Å²) in [5, 5.41) is 5.23. The molecule has 1 nitrogen and oxygen atoms in total. The molecule has 1 spiro atoms. The molecule has 1 atom stereocenters. The predicted molar refractivity (Wildman–Crippen MR) is 249 cm³/mol. The molecule has 0 saturated carbocycles. The summed E-state index contributed by atoms with van der Waals surface area (Å²) in [5.74, 6) is 1.74. The molecule has 0 radical (unpaired) electrons. The van der Waals surface area contributed by atoms with Crippen LogP contribution in [0, 0.1) is 0 Å². The predicted octanol–water partition coefficient (Wildman–Crippen LogP) is 15.7. The Balaban J connectivity index is 1.13. The Hall–Kier alpha value is -6.78. The topological polar surface area (TPSA) is 9.23 Å². The summed E-state index contributed by atoms with van der Waals surface area (Å²) in [5.41, 5.74) is 13.3. The number of thiophene rings is 2. The lowest BCUT2D eigenvalue weighted by Crippen LogP contribution is -2.32. The Morgan fingerprint density at radius 2 is 0.915 bits per heavy atom. The van der Waals surface area contributed by atoms with Crippen molar-refractivity contribution in [3.63, 3.8) is 0 Å². The quantitative estimate of drug-likeness (QED) is 0.161. The van der Waals surface area contributed by atoms with Crippen LogP contribution in [-0.2, 0) is 5.41 Å². The Labute approximate surface area is 350 Å². The molecule has 3 heterocycles. The molecule has 2 aliphatic rings. The lowest BCUT2D eigenvalue weighted by molar-refractivity contribution is 0.436. The van der Waals surface area contributed by atoms with Crippen molar-refractivity contribution in [3.8, 4) is 33.8 Å². The number of benzene rings is 9. The third-order valence-corrected chi connectivity index (χ3v) is 15.2. The second-order valence-corrected chi connectivity index (χ2v) is 18.0. The zero-order valence-electron chi connectivity index (χ0n) is 31.9. The fourth-order valence-corrected chi connectivity index (χ4v) is 12.7. The van der Waals surface area contributed by atoms with Gasteiger partial charge in [-0.05, 0) is 105 Å². The molecular formula is C56H34OS2. The van der Waals surface area contributed by atoms with Crippen molar-refractivity contribution >= 4 is 63.0 Å². The van der Waals surface area contributed by atoms with Crippen LogP contribution in [0.5, 0.6) is 11.5 Å². The average molecular weight is 787 g/mol. The van der Waals surface area contributed by atoms with Gasteiger partial charge in [0.05, 0.1) is 5.41 Å². The number of para-hydroxylation sites is 1. The van der Waals surface area contributed by atoms with Gasteiger partial charge < -0.3 is 4.74 Å². The second-order valence-electron chi connectivity index (χ2n) is 15.9. The minimum absolute atomic E-state index is 0.0741. The van der Waals surface area contributed by atoms with Crippen molar-refractivity contribution in [1.29, 1.82) is 0 Å². The highest BCUT2D eigenvalue weighted by Crippen LogP contribution is 2.62. The summed E-state index contributed by atoms with van der Waals surface area (Å²) in [6.45, 7) is 0. The highest BCUT2D eigenvalue weighted by molar-refractivity contribution is 7.26. The van der Waals surface area contributed by atoms with E-state index in [0.29, 0.717) is 0 Å². The molecule has 59 heavy (non-hydrogen) atoms. The van der Waals surface area contributed by atoms with Crippen LogP contribution in [0.2, 0.25) is 0 Å². The summed E-state index contributed by atoms with van der Waals surface area (Å²) in [6, 6.07) is 74.5. The van der Waals surface area contributed by atoms with Crippen molar-refractivity contribution < 1.29 is 4.74 Å². The van der Waals surface area contributed by atoms with Crippen LogP contribution in [-0.4, -0.2) is 0 Å². The van der Waals surface area contributed by atoms with Crippen LogP contribution < -0.4 is 4.74 Å². The fraction of sp³-hybridized carbons (Fsp3) is 0.0357. The monoisotopic (exact) mass is 786 g/mol. The van der Waals surface area contributed by atoms with Crippen molar-refractivity contribution in [1.82, 2.24) is 0 Å². The summed E-state index contributed by atoms with van der Waals surface area (Å²) in [7, 11) is 0. The van der Waals surface area contributed by atoms with Gasteiger partial charge in [-0.15, -0.1) is 22.7 Å². The first kappa shape index (κ1) is 33.2. The summed E-state index contributed by atoms with van der Waals surface area (Å²) in [4.78, 5) is 0. The van der Waals surface area contributed by atoms with Crippen molar-refractivity contribution in [3.05, 3.63) is 239 Å². The molecule has 2 aromatic heterocycles. The molecule has 0 amide bonds. The normalized spacial score (nSPS) is 14.0. The molecule has 0 bridgehead atoms. The van der Waals surface area contributed by atoms with Gasteiger partial charge >= 0.3 is 0 Å². The highest BCUT2D eigenvalue weighted by Gasteiger charge is 2.51. The molecule has 11 aromatic rings. The Kier molecular flexibility index (Phi) is 7.10. The van der Waals surface area contributed by atoms with E-state index in [9.17, 15) is 0 Å². The van der Waals surface area contributed by atoms with Crippen LogP contribution in [0.3, 0.4) is 0 Å². The lowest BCUT2D eigenvalue weighted by atomic mass is 9.65. The minimum Gasteiger partial charge on any atom is -0.457 e. The first-order valence-electron chi connectivity index (χ1n) is 20.3. The molecule has 1 aliphatic heterocycles. The molecule has 3 heteroatoms. The smallest absolute Gasteiger partial charge is 0.132 e. The van der Waals surface area contributed by atoms with E-state index in [2.05, 4.69) is 200 Å². The van der Waals surface area contributed by atoms with Gasteiger partial charge in [0.25, 0.3) is 0 Å². The second kappa shape index (κ2) is 12.6. The van der Waals surface area contributed by atoms with Crippen LogP contribution in [0.25, 0.3) is 62.6 Å². The van der Waals surface area contributed by atoms with Gasteiger partial charge in [0.2, 0.25) is 0 Å². The molecule has 13 rings (SSSR count). The molecule has 9 aromatic carbocycles. The lowest BCUT2D eigenvalue weighted by Gasteiger charge is -2.40. The summed E-state index contributed by atoms with van der Waals surface area (Å²) in [6.07, 6.45) is 0. The van der Waals surface area contributed by atoms with E-state index in [1.165, 1.54) is 102 Å². The van der Waals surface area contributed by atoms with E-state index >= 15 is 0 Å². The molecule has 0 fully saturated rings. The minimum atomic E-state index is -0.547. The summed E-state index contributed by atoms with van der Waals surface area (Å²) < 4.78 is 12.2. The van der Waals surface area contributed by atoms with E-state index in [4.69, 9.17) is 4.74 Å². The largest absolute Gasteiger partial charge is 0.457 e. The van der Waals surface area contributed by atoms with Crippen LogP contribution in [0.4, 0.5) is 0 Å². The highest BCUT2D eigenvalue weighted by atomic mass is 32.1. The maximum absolute atomic E-state index is 6.91. The van der Waals surface area contributed by atoms with Gasteiger partial charge in [0, 0.05) is 57.4 Å². The van der Waals surface area contributed by atoms with Gasteiger partial charge in [-0.25, -0.2) is 0 Å². The van der Waals surface area contributed by atoms with Crippen LogP contribution in [0.15, 0.2) is 200 Å². The summed E-state index contributed by atoms with van der Waals surface area (Å²) >= 11 is 3.77. The van der Waals surface area contributed by atoms with E-state index in [0.717, 1.165) is 11.5 Å². The number of ether oxygens (including phenoxy) is 1. The standard InChI is InChI=1S/C56H34OS2/c1-2-14-34(15-3-1)42-31-37(32-44-41-19-7-13-25-52(41)59-55(42)44)54(35-27-29-53-43(30-35)40-18-6-12-24-51(40)58-53)36-26-28-50-48(33-36)56(47-22-10-11-23-49(47)57-50)45-20-8-4-16-38(45)39-17-5-9-21-46(39)56/h1-33,54H. The Morgan fingerprint density at radius 1 is 0.356 bits per heavy atom. The van der Waals surface area contributed by atoms with Gasteiger partial charge in [-0.2, -0.15) is 0 Å². The number of fused-ring (bicyclic) bond motifs is 15. The molecule has 1 aliphatic carbocycles. The molecular weight excluding hydrogens is 753 g/mol. The van der Waals surface area contributed by atoms with E-state index in [-0.39, 0.29) is 5.92 Å². The van der Waals surface area contributed by atoms with E-state index in [1.54, 1.807) is 0 Å². The van der Waals surface area contributed by atoms with Gasteiger partial charge in [0.15, 0.2) is 0 Å². The number of hydrogen-bond donors (Lipinski definition) is 0. The average Bonchev–Trinajstić information content (AvgIpc) is 3.96. The Bertz CT molecular complexity index is 3450. The maximum atomic E-state index is 6.91. The SMILES string of the molecule is c1ccc(-c2cc(C(c3ccc4c(c3)C3(c5ccccc5O4)c4ccccc4-c4ccccc43)c3ccc4sc5ccccc5c4c3)cc3c2sc2ccccc23)cc1. The number of hydrogen-bond acceptors (Lipinski definition) is 3.